The molecule has 1 fully saturated rings. The largest absolute Gasteiger partial charge is 0.307 e. The van der Waals surface area contributed by atoms with Crippen LogP contribution in [0.15, 0.2) is 18.3 Å². The normalized spacial score (nSPS) is 19.0. The zero-order valence-electron chi connectivity index (χ0n) is 9.01. The monoisotopic (exact) mass is 190 g/mol. The SMILES string of the molecule is Cc1ncccc1CNC1(C)CCC1. The molecule has 0 unspecified atom stereocenters. The first-order chi connectivity index (χ1) is 6.70. The molecule has 1 aliphatic rings. The second-order valence-electron chi connectivity index (χ2n) is 4.52. The summed E-state index contributed by atoms with van der Waals surface area (Å²) < 4.78 is 0. The van der Waals surface area contributed by atoms with Crippen molar-refractivity contribution in [1.82, 2.24) is 10.3 Å². The van der Waals surface area contributed by atoms with Gasteiger partial charge in [0, 0.05) is 24.0 Å². The van der Waals surface area contributed by atoms with Gasteiger partial charge in [-0.15, -0.1) is 0 Å². The number of nitrogens with zero attached hydrogens (tertiary/aromatic N) is 1. The first kappa shape index (κ1) is 9.66. The predicted octanol–water partition coefficient (Wildman–Crippen LogP) is 2.42. The Morgan fingerprint density at radius 2 is 2.29 bits per heavy atom. The van der Waals surface area contributed by atoms with Crippen molar-refractivity contribution in [3.63, 3.8) is 0 Å². The Morgan fingerprint density at radius 3 is 2.86 bits per heavy atom. The van der Waals surface area contributed by atoms with Crippen molar-refractivity contribution in [2.24, 2.45) is 0 Å². The highest BCUT2D eigenvalue weighted by atomic mass is 15.0. The minimum absolute atomic E-state index is 0.391. The molecule has 0 aliphatic heterocycles. The number of nitrogens with one attached hydrogen (secondary N) is 1. The molecule has 1 heterocycles. The van der Waals surface area contributed by atoms with Crippen molar-refractivity contribution in [2.45, 2.75) is 45.2 Å². The summed E-state index contributed by atoms with van der Waals surface area (Å²) in [5, 5.41) is 3.61. The quantitative estimate of drug-likeness (QED) is 0.791. The summed E-state index contributed by atoms with van der Waals surface area (Å²) in [6.45, 7) is 5.33. The third-order valence-electron chi connectivity index (χ3n) is 3.28. The number of aryl methyl sites for hydroxylation is 1. The number of aromatic nitrogens is 1. The molecule has 76 valence electrons. The van der Waals surface area contributed by atoms with Gasteiger partial charge in [-0.2, -0.15) is 0 Å². The van der Waals surface area contributed by atoms with Gasteiger partial charge in [-0.05, 0) is 44.7 Å². The molecule has 2 rings (SSSR count). The maximum Gasteiger partial charge on any atom is 0.0417 e. The molecular formula is C12H18N2. The number of pyridine rings is 1. The number of rotatable bonds is 3. The molecule has 0 radical (unpaired) electrons. The molecule has 2 heteroatoms. The van der Waals surface area contributed by atoms with Crippen molar-refractivity contribution < 1.29 is 0 Å². The minimum atomic E-state index is 0.391. The molecule has 2 nitrogen and oxygen atoms in total. The maximum atomic E-state index is 4.28. The van der Waals surface area contributed by atoms with E-state index in [1.807, 2.05) is 12.3 Å². The smallest absolute Gasteiger partial charge is 0.0417 e. The molecule has 0 spiro atoms. The summed E-state index contributed by atoms with van der Waals surface area (Å²) >= 11 is 0. The Hall–Kier alpha value is -0.890. The molecule has 1 saturated carbocycles. The molecule has 0 bridgehead atoms. The van der Waals surface area contributed by atoms with Crippen molar-refractivity contribution in [3.8, 4) is 0 Å². The fraction of sp³-hybridized carbons (Fsp3) is 0.583. The number of hydrogen-bond acceptors (Lipinski definition) is 2. The Balaban J connectivity index is 1.95. The Labute approximate surface area is 85.7 Å². The fourth-order valence-corrected chi connectivity index (χ4v) is 1.90. The molecule has 0 atom stereocenters. The van der Waals surface area contributed by atoms with E-state index in [2.05, 4.69) is 30.2 Å². The lowest BCUT2D eigenvalue weighted by atomic mass is 9.78. The van der Waals surface area contributed by atoms with Crippen LogP contribution >= 0.6 is 0 Å². The Kier molecular flexibility index (Phi) is 2.55. The first-order valence-electron chi connectivity index (χ1n) is 5.35. The first-order valence-corrected chi connectivity index (χ1v) is 5.35. The van der Waals surface area contributed by atoms with Crippen LogP contribution in [0.1, 0.15) is 37.4 Å². The summed E-state index contributed by atoms with van der Waals surface area (Å²) in [5.74, 6) is 0. The zero-order valence-corrected chi connectivity index (χ0v) is 9.01. The van der Waals surface area contributed by atoms with Crippen LogP contribution in [0.5, 0.6) is 0 Å². The van der Waals surface area contributed by atoms with Crippen LogP contribution in [-0.2, 0) is 6.54 Å². The third kappa shape index (κ3) is 1.95. The highest BCUT2D eigenvalue weighted by molar-refractivity contribution is 5.18. The molecule has 1 aliphatic carbocycles. The van der Waals surface area contributed by atoms with Gasteiger partial charge in [0.2, 0.25) is 0 Å². The van der Waals surface area contributed by atoms with Gasteiger partial charge >= 0.3 is 0 Å². The average molecular weight is 190 g/mol. The second-order valence-corrected chi connectivity index (χ2v) is 4.52. The average Bonchev–Trinajstić information content (AvgIpc) is 2.14. The van der Waals surface area contributed by atoms with Crippen LogP contribution in [0.3, 0.4) is 0 Å². The molecule has 0 saturated heterocycles. The van der Waals surface area contributed by atoms with E-state index in [4.69, 9.17) is 0 Å². The molecule has 14 heavy (non-hydrogen) atoms. The van der Waals surface area contributed by atoms with Crippen molar-refractivity contribution >= 4 is 0 Å². The van der Waals surface area contributed by atoms with Crippen LogP contribution in [-0.4, -0.2) is 10.5 Å². The standard InChI is InChI=1S/C12H18N2/c1-10-11(5-3-8-13-10)9-14-12(2)6-4-7-12/h3,5,8,14H,4,6-7,9H2,1-2H3. The minimum Gasteiger partial charge on any atom is -0.307 e. The van der Waals surface area contributed by atoms with Crippen LogP contribution < -0.4 is 5.32 Å². The van der Waals surface area contributed by atoms with E-state index in [-0.39, 0.29) is 0 Å². The van der Waals surface area contributed by atoms with Gasteiger partial charge < -0.3 is 5.32 Å². The van der Waals surface area contributed by atoms with E-state index >= 15 is 0 Å². The van der Waals surface area contributed by atoms with Gasteiger partial charge in [-0.3, -0.25) is 4.98 Å². The van der Waals surface area contributed by atoms with Crippen LogP contribution in [0.25, 0.3) is 0 Å². The van der Waals surface area contributed by atoms with E-state index in [1.54, 1.807) is 0 Å². The third-order valence-corrected chi connectivity index (χ3v) is 3.28. The summed E-state index contributed by atoms with van der Waals surface area (Å²) in [5.41, 5.74) is 2.85. The Morgan fingerprint density at radius 1 is 1.50 bits per heavy atom. The summed E-state index contributed by atoms with van der Waals surface area (Å²) in [6, 6.07) is 4.16. The van der Waals surface area contributed by atoms with Crippen molar-refractivity contribution in [2.75, 3.05) is 0 Å². The lowest BCUT2D eigenvalue weighted by Crippen LogP contribution is -2.47. The van der Waals surface area contributed by atoms with Crippen LogP contribution in [0.4, 0.5) is 0 Å². The van der Waals surface area contributed by atoms with E-state index in [1.165, 1.54) is 24.8 Å². The lowest BCUT2D eigenvalue weighted by molar-refractivity contribution is 0.206. The highest BCUT2D eigenvalue weighted by Gasteiger charge is 2.30. The van der Waals surface area contributed by atoms with Crippen LogP contribution in [0, 0.1) is 6.92 Å². The predicted molar refractivity (Wildman–Crippen MR) is 58.1 cm³/mol. The highest BCUT2D eigenvalue weighted by Crippen LogP contribution is 2.31. The number of hydrogen-bond donors (Lipinski definition) is 1. The van der Waals surface area contributed by atoms with Crippen molar-refractivity contribution in [1.29, 1.82) is 0 Å². The van der Waals surface area contributed by atoms with Gasteiger partial charge in [0.15, 0.2) is 0 Å². The van der Waals surface area contributed by atoms with E-state index < -0.39 is 0 Å². The molecule has 1 N–H and O–H groups in total. The maximum absolute atomic E-state index is 4.28. The zero-order chi connectivity index (χ0) is 10.0. The molecule has 1 aromatic heterocycles. The lowest BCUT2D eigenvalue weighted by Gasteiger charge is -2.39. The van der Waals surface area contributed by atoms with Crippen LogP contribution in [0.2, 0.25) is 0 Å². The van der Waals surface area contributed by atoms with E-state index in [0.717, 1.165) is 12.2 Å². The molecule has 0 aromatic carbocycles. The van der Waals surface area contributed by atoms with Gasteiger partial charge in [0.1, 0.15) is 0 Å². The summed E-state index contributed by atoms with van der Waals surface area (Å²) in [4.78, 5) is 4.28. The second kappa shape index (κ2) is 3.70. The summed E-state index contributed by atoms with van der Waals surface area (Å²) in [7, 11) is 0. The van der Waals surface area contributed by atoms with Gasteiger partial charge in [0.25, 0.3) is 0 Å². The fourth-order valence-electron chi connectivity index (χ4n) is 1.90. The molecule has 1 aromatic rings. The molecular weight excluding hydrogens is 172 g/mol. The van der Waals surface area contributed by atoms with Crippen molar-refractivity contribution in [3.05, 3.63) is 29.6 Å². The topological polar surface area (TPSA) is 24.9 Å². The summed E-state index contributed by atoms with van der Waals surface area (Å²) in [6.07, 6.45) is 5.85. The van der Waals surface area contributed by atoms with E-state index in [0.29, 0.717) is 5.54 Å². The van der Waals surface area contributed by atoms with E-state index in [9.17, 15) is 0 Å². The Bertz CT molecular complexity index is 316. The van der Waals surface area contributed by atoms with Gasteiger partial charge in [-0.25, -0.2) is 0 Å². The van der Waals surface area contributed by atoms with Gasteiger partial charge in [0.05, 0.1) is 0 Å². The molecule has 0 amide bonds. The van der Waals surface area contributed by atoms with Gasteiger partial charge in [-0.1, -0.05) is 6.07 Å².